The SMILES string of the molecule is CF.COc1c(F)ccc(F)c1F. The Labute approximate surface area is 72.9 Å². The molecule has 0 aliphatic carbocycles. The number of hydrogen-bond acceptors (Lipinski definition) is 1. The lowest BCUT2D eigenvalue weighted by Crippen LogP contribution is -1.94. The molecule has 5 heteroatoms. The second kappa shape index (κ2) is 5.40. The Morgan fingerprint density at radius 2 is 1.46 bits per heavy atom. The fourth-order valence-electron chi connectivity index (χ4n) is 0.696. The zero-order valence-corrected chi connectivity index (χ0v) is 7.07. The molecule has 0 unspecified atom stereocenters. The molecule has 74 valence electrons. The molecule has 0 bridgehead atoms. The molecule has 1 aromatic rings. The summed E-state index contributed by atoms with van der Waals surface area (Å²) in [5.41, 5.74) is 0. The van der Waals surface area contributed by atoms with Gasteiger partial charge in [0.2, 0.25) is 5.82 Å². The second-order valence-electron chi connectivity index (χ2n) is 1.88. The molecule has 0 N–H and O–H groups in total. The lowest BCUT2D eigenvalue weighted by molar-refractivity contribution is 0.347. The summed E-state index contributed by atoms with van der Waals surface area (Å²) in [5.74, 6) is -4.02. The van der Waals surface area contributed by atoms with Crippen LogP contribution in [0.1, 0.15) is 0 Å². The highest BCUT2D eigenvalue weighted by atomic mass is 19.2. The molecule has 0 saturated carbocycles. The van der Waals surface area contributed by atoms with Gasteiger partial charge in [-0.25, -0.2) is 8.78 Å². The van der Waals surface area contributed by atoms with E-state index in [1.807, 2.05) is 0 Å². The summed E-state index contributed by atoms with van der Waals surface area (Å²) in [5, 5.41) is 0. The zero-order valence-electron chi connectivity index (χ0n) is 7.07. The molecular weight excluding hydrogens is 188 g/mol. The number of benzene rings is 1. The highest BCUT2D eigenvalue weighted by Gasteiger charge is 2.13. The number of alkyl halides is 1. The molecule has 1 rings (SSSR count). The van der Waals surface area contributed by atoms with Gasteiger partial charge in [0.1, 0.15) is 0 Å². The van der Waals surface area contributed by atoms with Crippen molar-refractivity contribution >= 4 is 0 Å². The molecule has 13 heavy (non-hydrogen) atoms. The van der Waals surface area contributed by atoms with E-state index in [0.29, 0.717) is 13.2 Å². The third-order valence-corrected chi connectivity index (χ3v) is 1.21. The molecule has 0 radical (unpaired) electrons. The molecule has 0 aliphatic heterocycles. The quantitative estimate of drug-likeness (QED) is 0.495. The predicted molar refractivity (Wildman–Crippen MR) is 39.9 cm³/mol. The van der Waals surface area contributed by atoms with E-state index in [1.54, 1.807) is 0 Å². The Morgan fingerprint density at radius 3 is 1.85 bits per heavy atom. The van der Waals surface area contributed by atoms with Crippen LogP contribution in [0.5, 0.6) is 5.75 Å². The third-order valence-electron chi connectivity index (χ3n) is 1.21. The van der Waals surface area contributed by atoms with Gasteiger partial charge in [0.15, 0.2) is 17.4 Å². The molecule has 0 spiro atoms. The summed E-state index contributed by atoms with van der Waals surface area (Å²) in [4.78, 5) is 0. The maximum Gasteiger partial charge on any atom is 0.203 e. The van der Waals surface area contributed by atoms with Crippen LogP contribution < -0.4 is 4.74 Å². The van der Waals surface area contributed by atoms with Crippen molar-refractivity contribution in [2.75, 3.05) is 14.3 Å². The Kier molecular flexibility index (Phi) is 4.87. The molecule has 0 atom stereocenters. The summed E-state index contributed by atoms with van der Waals surface area (Å²) in [6.45, 7) is 0. The maximum atomic E-state index is 12.5. The Hall–Kier alpha value is -1.26. The van der Waals surface area contributed by atoms with Crippen molar-refractivity contribution in [1.82, 2.24) is 0 Å². The van der Waals surface area contributed by atoms with Gasteiger partial charge in [0.05, 0.1) is 14.3 Å². The molecule has 1 nitrogen and oxygen atoms in total. The summed E-state index contributed by atoms with van der Waals surface area (Å²) in [6.07, 6.45) is 0. The molecule has 0 saturated heterocycles. The van der Waals surface area contributed by atoms with E-state index in [1.165, 1.54) is 0 Å². The van der Waals surface area contributed by atoms with Crippen LogP contribution in [0.2, 0.25) is 0 Å². The average Bonchev–Trinajstić information content (AvgIpc) is 2.16. The minimum Gasteiger partial charge on any atom is -0.491 e. The topological polar surface area (TPSA) is 9.23 Å². The summed E-state index contributed by atoms with van der Waals surface area (Å²) >= 11 is 0. The lowest BCUT2D eigenvalue weighted by Gasteiger charge is -2.02. The van der Waals surface area contributed by atoms with Crippen LogP contribution in [0, 0.1) is 17.5 Å². The molecule has 0 amide bonds. The van der Waals surface area contributed by atoms with Crippen LogP contribution in [0.25, 0.3) is 0 Å². The molecule has 0 fully saturated rings. The maximum absolute atomic E-state index is 12.5. The van der Waals surface area contributed by atoms with Crippen LogP contribution in [-0.2, 0) is 0 Å². The number of hydrogen-bond donors (Lipinski definition) is 0. The zero-order chi connectivity index (χ0) is 10.4. The molecule has 0 aromatic heterocycles. The Morgan fingerprint density at radius 1 is 1.00 bits per heavy atom. The van der Waals surface area contributed by atoms with E-state index in [4.69, 9.17) is 0 Å². The van der Waals surface area contributed by atoms with Gasteiger partial charge in [-0.1, -0.05) is 0 Å². The van der Waals surface area contributed by atoms with Crippen LogP contribution in [-0.4, -0.2) is 14.3 Å². The Bertz CT molecular complexity index is 275. The standard InChI is InChI=1S/C7H5F3O.CH3F/c1-11-7-5(9)3-2-4(8)6(7)10;1-2/h2-3H,1H3;1H3. The van der Waals surface area contributed by atoms with E-state index in [9.17, 15) is 17.6 Å². The van der Waals surface area contributed by atoms with Gasteiger partial charge in [-0.2, -0.15) is 4.39 Å². The van der Waals surface area contributed by atoms with E-state index >= 15 is 0 Å². The van der Waals surface area contributed by atoms with Gasteiger partial charge in [0, 0.05) is 0 Å². The van der Waals surface area contributed by atoms with E-state index in [2.05, 4.69) is 4.74 Å². The van der Waals surface area contributed by atoms with Crippen molar-refractivity contribution < 1.29 is 22.3 Å². The van der Waals surface area contributed by atoms with Crippen molar-refractivity contribution in [3.8, 4) is 5.75 Å². The number of rotatable bonds is 1. The molecule has 0 aliphatic rings. The van der Waals surface area contributed by atoms with E-state index in [0.717, 1.165) is 13.2 Å². The van der Waals surface area contributed by atoms with Crippen molar-refractivity contribution in [2.45, 2.75) is 0 Å². The van der Waals surface area contributed by atoms with Crippen molar-refractivity contribution in [2.24, 2.45) is 0 Å². The van der Waals surface area contributed by atoms with Gasteiger partial charge < -0.3 is 4.74 Å². The summed E-state index contributed by atoms with van der Waals surface area (Å²) in [7, 11) is 1.57. The first-order valence-electron chi connectivity index (χ1n) is 3.22. The fraction of sp³-hybridized carbons (Fsp3) is 0.250. The van der Waals surface area contributed by atoms with Crippen molar-refractivity contribution in [3.05, 3.63) is 29.6 Å². The van der Waals surface area contributed by atoms with Crippen LogP contribution in [0.4, 0.5) is 17.6 Å². The molecule has 1 aromatic carbocycles. The van der Waals surface area contributed by atoms with Gasteiger partial charge >= 0.3 is 0 Å². The monoisotopic (exact) mass is 196 g/mol. The number of methoxy groups -OCH3 is 1. The minimum atomic E-state index is -1.30. The predicted octanol–water partition coefficient (Wildman–Crippen LogP) is 2.70. The van der Waals surface area contributed by atoms with Crippen molar-refractivity contribution in [3.63, 3.8) is 0 Å². The highest BCUT2D eigenvalue weighted by molar-refractivity contribution is 5.26. The smallest absolute Gasteiger partial charge is 0.203 e. The summed E-state index contributed by atoms with van der Waals surface area (Å²) in [6, 6.07) is 1.50. The highest BCUT2D eigenvalue weighted by Crippen LogP contribution is 2.22. The largest absolute Gasteiger partial charge is 0.491 e. The van der Waals surface area contributed by atoms with E-state index < -0.39 is 23.2 Å². The molecular formula is C8H8F4O. The minimum absolute atomic E-state index is 0.500. The Balaban J connectivity index is 0.000000671. The van der Waals surface area contributed by atoms with Crippen molar-refractivity contribution in [1.29, 1.82) is 0 Å². The molecule has 0 heterocycles. The average molecular weight is 196 g/mol. The van der Waals surface area contributed by atoms with Crippen LogP contribution in [0.15, 0.2) is 12.1 Å². The van der Waals surface area contributed by atoms with Gasteiger partial charge in [-0.15, -0.1) is 0 Å². The van der Waals surface area contributed by atoms with E-state index in [-0.39, 0.29) is 0 Å². The lowest BCUT2D eigenvalue weighted by atomic mass is 10.3. The normalized spacial score (nSPS) is 8.77. The fourth-order valence-corrected chi connectivity index (χ4v) is 0.696. The number of halogens is 4. The first kappa shape index (κ1) is 11.7. The third kappa shape index (κ3) is 2.61. The number of ether oxygens (including phenoxy) is 1. The van der Waals surface area contributed by atoms with Gasteiger partial charge in [-0.3, -0.25) is 4.39 Å². The van der Waals surface area contributed by atoms with Gasteiger partial charge in [-0.05, 0) is 12.1 Å². The second-order valence-corrected chi connectivity index (χ2v) is 1.88. The van der Waals surface area contributed by atoms with Crippen LogP contribution in [0.3, 0.4) is 0 Å². The van der Waals surface area contributed by atoms with Crippen LogP contribution >= 0.6 is 0 Å². The first-order valence-corrected chi connectivity index (χ1v) is 3.22. The summed E-state index contributed by atoms with van der Waals surface area (Å²) < 4.78 is 51.1. The first-order chi connectivity index (χ1) is 6.16. The van der Waals surface area contributed by atoms with Gasteiger partial charge in [0.25, 0.3) is 0 Å².